The Bertz CT molecular complexity index is 1430. The highest BCUT2D eigenvalue weighted by atomic mass is 16.7. The molecular weight excluding hydrogens is 524 g/mol. The van der Waals surface area contributed by atoms with Crippen LogP contribution in [0, 0.1) is 11.8 Å². The highest BCUT2D eigenvalue weighted by molar-refractivity contribution is 6.01. The number of hydrogen-bond donors (Lipinski definition) is 0. The van der Waals surface area contributed by atoms with Crippen molar-refractivity contribution in [1.29, 1.82) is 0 Å². The molecule has 3 heterocycles. The van der Waals surface area contributed by atoms with E-state index in [1.54, 1.807) is 38.1 Å². The lowest BCUT2D eigenvalue weighted by Crippen LogP contribution is -2.38. The molecule has 1 fully saturated rings. The molecule has 0 saturated carbocycles. The fourth-order valence-corrected chi connectivity index (χ4v) is 6.06. The van der Waals surface area contributed by atoms with Crippen molar-refractivity contribution < 1.29 is 52.3 Å². The Morgan fingerprint density at radius 2 is 1.55 bits per heavy atom. The number of hydrogen-bond acceptors (Lipinski definition) is 11. The molecule has 6 rings (SSSR count). The molecule has 11 nitrogen and oxygen atoms in total. The van der Waals surface area contributed by atoms with Gasteiger partial charge in [0.1, 0.15) is 11.7 Å². The zero-order valence-corrected chi connectivity index (χ0v) is 22.6. The number of ether oxygens (including phenoxy) is 8. The van der Waals surface area contributed by atoms with E-state index >= 15 is 0 Å². The maximum atomic E-state index is 13.4. The van der Waals surface area contributed by atoms with Crippen molar-refractivity contribution in [3.8, 4) is 28.7 Å². The van der Waals surface area contributed by atoms with Gasteiger partial charge in [-0.3, -0.25) is 4.79 Å². The molecule has 2 unspecified atom stereocenters. The molecule has 40 heavy (non-hydrogen) atoms. The second-order valence-electron chi connectivity index (χ2n) is 10.4. The normalized spacial score (nSPS) is 25.3. The van der Waals surface area contributed by atoms with Gasteiger partial charge in [0.2, 0.25) is 12.5 Å². The van der Waals surface area contributed by atoms with Crippen molar-refractivity contribution >= 4 is 17.9 Å². The molecule has 0 spiro atoms. The number of fused-ring (bicyclic) bond motifs is 3. The van der Waals surface area contributed by atoms with Crippen molar-refractivity contribution in [1.82, 2.24) is 0 Å². The molecule has 4 atom stereocenters. The lowest BCUT2D eigenvalue weighted by atomic mass is 9.66. The first kappa shape index (κ1) is 25.8. The van der Waals surface area contributed by atoms with Gasteiger partial charge in [-0.15, -0.1) is 0 Å². The van der Waals surface area contributed by atoms with Crippen molar-refractivity contribution in [2.75, 3.05) is 34.7 Å². The van der Waals surface area contributed by atoms with E-state index in [0.717, 1.165) is 6.08 Å². The molecule has 0 bridgehead atoms. The number of rotatable bonds is 6. The van der Waals surface area contributed by atoms with Crippen LogP contribution in [0.5, 0.6) is 28.7 Å². The van der Waals surface area contributed by atoms with Crippen LogP contribution in [-0.4, -0.2) is 58.2 Å². The molecule has 1 saturated heterocycles. The minimum atomic E-state index is -1.15. The standard InChI is InChI=1S/C29H28O11/c1-29(2)17(10-22(30)40-29)27(31)39-25-15-9-19-18(37-12-38-19)8-14(15)23(24-16(25)11-36-28(24)32)13-6-20(33-3)26(35-5)21(7-13)34-4/h6-10,16,23-25H,11-12H2,1-5H3/t16?,23?,24-,25+/m1/s1. The van der Waals surface area contributed by atoms with E-state index in [4.69, 9.17) is 37.9 Å². The average molecular weight is 553 g/mol. The third kappa shape index (κ3) is 3.90. The zero-order chi connectivity index (χ0) is 28.3. The molecule has 2 aromatic rings. The predicted molar refractivity (Wildman–Crippen MR) is 136 cm³/mol. The van der Waals surface area contributed by atoms with Gasteiger partial charge in [-0.05, 0) is 49.2 Å². The molecule has 0 N–H and O–H groups in total. The Kier molecular flexibility index (Phi) is 6.04. The highest BCUT2D eigenvalue weighted by Crippen LogP contribution is 2.56. The van der Waals surface area contributed by atoms with Crippen LogP contribution in [0.1, 0.15) is 42.6 Å². The number of carbonyl (C=O) groups is 3. The second-order valence-corrected chi connectivity index (χ2v) is 10.4. The molecular formula is C29H28O11. The van der Waals surface area contributed by atoms with Gasteiger partial charge in [0.15, 0.2) is 23.0 Å². The lowest BCUT2D eigenvalue weighted by Gasteiger charge is -2.39. The molecule has 2 aromatic carbocycles. The summed E-state index contributed by atoms with van der Waals surface area (Å²) in [5, 5.41) is 0. The fourth-order valence-electron chi connectivity index (χ4n) is 6.06. The van der Waals surface area contributed by atoms with Crippen LogP contribution in [0.3, 0.4) is 0 Å². The van der Waals surface area contributed by atoms with E-state index in [1.165, 1.54) is 21.3 Å². The van der Waals surface area contributed by atoms with Gasteiger partial charge in [-0.2, -0.15) is 0 Å². The molecule has 0 amide bonds. The van der Waals surface area contributed by atoms with Crippen LogP contribution in [0.4, 0.5) is 0 Å². The number of cyclic esters (lactones) is 2. The highest BCUT2D eigenvalue weighted by Gasteiger charge is 2.55. The Morgan fingerprint density at radius 1 is 0.900 bits per heavy atom. The summed E-state index contributed by atoms with van der Waals surface area (Å²) in [6.07, 6.45) is 0.261. The molecule has 0 aromatic heterocycles. The van der Waals surface area contributed by atoms with E-state index < -0.39 is 47.4 Å². The van der Waals surface area contributed by atoms with Crippen LogP contribution >= 0.6 is 0 Å². The maximum absolute atomic E-state index is 13.4. The van der Waals surface area contributed by atoms with Gasteiger partial charge in [0, 0.05) is 23.5 Å². The molecule has 1 aliphatic carbocycles. The van der Waals surface area contributed by atoms with Gasteiger partial charge in [0.05, 0.1) is 39.4 Å². The summed E-state index contributed by atoms with van der Waals surface area (Å²) in [7, 11) is 4.55. The Morgan fingerprint density at radius 3 is 2.12 bits per heavy atom. The topological polar surface area (TPSA) is 125 Å². The number of carbonyl (C=O) groups excluding carboxylic acids is 3. The third-order valence-corrected chi connectivity index (χ3v) is 7.89. The Hall–Kier alpha value is -4.41. The molecule has 11 heteroatoms. The average Bonchev–Trinajstić information content (AvgIpc) is 3.62. The summed E-state index contributed by atoms with van der Waals surface area (Å²) >= 11 is 0. The largest absolute Gasteiger partial charge is 0.493 e. The van der Waals surface area contributed by atoms with Crippen LogP contribution < -0.4 is 23.7 Å². The van der Waals surface area contributed by atoms with E-state index in [1.807, 2.05) is 0 Å². The van der Waals surface area contributed by atoms with E-state index in [9.17, 15) is 14.4 Å². The SMILES string of the molecule is COc1cc(C2c3cc4c(cc3[C@H](OC(=O)C3=CC(=O)OC3(C)C)C3COC(=O)[C@@H]23)OCO4)cc(OC)c1OC. The van der Waals surface area contributed by atoms with Crippen molar-refractivity contribution in [3.05, 3.63) is 52.6 Å². The first-order chi connectivity index (χ1) is 19.2. The second kappa shape index (κ2) is 9.35. The molecule has 4 aliphatic rings. The van der Waals surface area contributed by atoms with E-state index in [-0.39, 0.29) is 19.0 Å². The Balaban J connectivity index is 1.51. The summed E-state index contributed by atoms with van der Waals surface area (Å²) in [6, 6.07) is 7.17. The summed E-state index contributed by atoms with van der Waals surface area (Å²) in [5.41, 5.74) is 0.990. The van der Waals surface area contributed by atoms with Gasteiger partial charge in [-0.1, -0.05) is 0 Å². The fraction of sp³-hybridized carbons (Fsp3) is 0.414. The summed E-state index contributed by atoms with van der Waals surface area (Å²) in [5.74, 6) is -1.27. The van der Waals surface area contributed by atoms with E-state index in [2.05, 4.69) is 0 Å². The van der Waals surface area contributed by atoms with Crippen molar-refractivity contribution in [3.63, 3.8) is 0 Å². The first-order valence-corrected chi connectivity index (χ1v) is 12.7. The summed E-state index contributed by atoms with van der Waals surface area (Å²) in [4.78, 5) is 38.7. The van der Waals surface area contributed by atoms with Crippen LogP contribution in [-0.2, 0) is 28.6 Å². The first-order valence-electron chi connectivity index (χ1n) is 12.7. The monoisotopic (exact) mass is 552 g/mol. The van der Waals surface area contributed by atoms with Crippen molar-refractivity contribution in [2.24, 2.45) is 11.8 Å². The zero-order valence-electron chi connectivity index (χ0n) is 22.6. The maximum Gasteiger partial charge on any atom is 0.338 e. The van der Waals surface area contributed by atoms with Crippen LogP contribution in [0.2, 0.25) is 0 Å². The van der Waals surface area contributed by atoms with Gasteiger partial charge in [-0.25, -0.2) is 9.59 Å². The smallest absolute Gasteiger partial charge is 0.338 e. The number of methoxy groups -OCH3 is 3. The van der Waals surface area contributed by atoms with Crippen molar-refractivity contribution in [2.45, 2.75) is 31.5 Å². The number of benzene rings is 2. The summed E-state index contributed by atoms with van der Waals surface area (Å²) in [6.45, 7) is 3.30. The van der Waals surface area contributed by atoms with Gasteiger partial charge < -0.3 is 37.9 Å². The van der Waals surface area contributed by atoms with Crippen LogP contribution in [0.15, 0.2) is 35.9 Å². The minimum absolute atomic E-state index is 0.0347. The molecule has 210 valence electrons. The van der Waals surface area contributed by atoms with Gasteiger partial charge >= 0.3 is 17.9 Å². The van der Waals surface area contributed by atoms with E-state index in [0.29, 0.717) is 45.4 Å². The number of esters is 3. The van der Waals surface area contributed by atoms with Crippen LogP contribution in [0.25, 0.3) is 0 Å². The lowest BCUT2D eigenvalue weighted by molar-refractivity contribution is -0.153. The molecule has 3 aliphatic heterocycles. The minimum Gasteiger partial charge on any atom is -0.493 e. The van der Waals surface area contributed by atoms with Gasteiger partial charge in [0.25, 0.3) is 0 Å². The third-order valence-electron chi connectivity index (χ3n) is 7.89. The Labute approximate surface area is 229 Å². The predicted octanol–water partition coefficient (Wildman–Crippen LogP) is 3.22. The molecule has 0 radical (unpaired) electrons. The summed E-state index contributed by atoms with van der Waals surface area (Å²) < 4.78 is 44.9. The quantitative estimate of drug-likeness (QED) is 0.387.